The maximum atomic E-state index is 3.90. The highest BCUT2D eigenvalue weighted by molar-refractivity contribution is 7.11. The summed E-state index contributed by atoms with van der Waals surface area (Å²) in [5, 5.41) is 3.52. The summed E-state index contributed by atoms with van der Waals surface area (Å²) in [6, 6.07) is 4.99. The molecule has 0 saturated heterocycles. The zero-order valence-corrected chi connectivity index (χ0v) is 10.8. The lowest BCUT2D eigenvalue weighted by molar-refractivity contribution is 0.551. The number of rotatable bonds is 6. The van der Waals surface area contributed by atoms with Crippen LogP contribution in [0.1, 0.15) is 30.0 Å². The molecule has 1 aromatic rings. The van der Waals surface area contributed by atoms with Gasteiger partial charge in [0.25, 0.3) is 0 Å². The zero-order valence-electron chi connectivity index (χ0n) is 9.97. The van der Waals surface area contributed by atoms with Crippen LogP contribution in [0.5, 0.6) is 0 Å². The first-order valence-corrected chi connectivity index (χ1v) is 6.32. The van der Waals surface area contributed by atoms with Gasteiger partial charge >= 0.3 is 0 Å². The van der Waals surface area contributed by atoms with E-state index in [1.807, 2.05) is 11.3 Å². The van der Waals surface area contributed by atoms with Gasteiger partial charge in [-0.05, 0) is 52.3 Å². The molecule has 0 bridgehead atoms. The fraction of sp³-hybridized carbons (Fsp3) is 0.538. The highest BCUT2D eigenvalue weighted by Crippen LogP contribution is 2.16. The van der Waals surface area contributed by atoms with Crippen molar-refractivity contribution < 1.29 is 0 Å². The van der Waals surface area contributed by atoms with Crippen molar-refractivity contribution in [3.05, 3.63) is 34.0 Å². The Morgan fingerprint density at radius 2 is 2.27 bits per heavy atom. The normalized spacial score (nSPS) is 12.7. The van der Waals surface area contributed by atoms with Crippen molar-refractivity contribution in [2.24, 2.45) is 0 Å². The van der Waals surface area contributed by atoms with Crippen molar-refractivity contribution in [2.45, 2.75) is 39.7 Å². The van der Waals surface area contributed by atoms with Crippen LogP contribution in [0.15, 0.2) is 24.3 Å². The molecule has 15 heavy (non-hydrogen) atoms. The van der Waals surface area contributed by atoms with Gasteiger partial charge < -0.3 is 5.32 Å². The lowest BCUT2D eigenvalue weighted by Crippen LogP contribution is -2.28. The van der Waals surface area contributed by atoms with Gasteiger partial charge in [0, 0.05) is 15.8 Å². The van der Waals surface area contributed by atoms with E-state index in [9.17, 15) is 0 Å². The molecular weight excluding hydrogens is 202 g/mol. The summed E-state index contributed by atoms with van der Waals surface area (Å²) in [6.45, 7) is 11.4. The van der Waals surface area contributed by atoms with Crippen molar-refractivity contribution in [2.75, 3.05) is 6.54 Å². The Balaban J connectivity index is 2.24. The number of thiophene rings is 1. The monoisotopic (exact) mass is 223 g/mol. The average molecular weight is 223 g/mol. The summed E-state index contributed by atoms with van der Waals surface area (Å²) >= 11 is 1.90. The summed E-state index contributed by atoms with van der Waals surface area (Å²) in [5.74, 6) is 0. The van der Waals surface area contributed by atoms with E-state index in [1.54, 1.807) is 0 Å². The van der Waals surface area contributed by atoms with Gasteiger partial charge in [-0.15, -0.1) is 17.9 Å². The van der Waals surface area contributed by atoms with E-state index in [1.165, 1.54) is 15.3 Å². The van der Waals surface area contributed by atoms with E-state index in [4.69, 9.17) is 0 Å². The van der Waals surface area contributed by atoms with Crippen LogP contribution < -0.4 is 5.32 Å². The Morgan fingerprint density at radius 1 is 1.53 bits per heavy atom. The van der Waals surface area contributed by atoms with E-state index < -0.39 is 0 Å². The molecule has 1 atom stereocenters. The second-order valence-electron chi connectivity index (χ2n) is 4.28. The third-order valence-electron chi connectivity index (χ3n) is 2.35. The van der Waals surface area contributed by atoms with Gasteiger partial charge in [-0.3, -0.25) is 0 Å². The minimum Gasteiger partial charge on any atom is -0.314 e. The molecule has 1 rings (SSSR count). The topological polar surface area (TPSA) is 12.0 Å². The maximum Gasteiger partial charge on any atom is 0.00871 e. The Hall–Kier alpha value is -0.600. The van der Waals surface area contributed by atoms with Crippen LogP contribution in [0.25, 0.3) is 0 Å². The third-order valence-corrected chi connectivity index (χ3v) is 3.37. The average Bonchev–Trinajstić information content (AvgIpc) is 2.50. The molecule has 0 aliphatic rings. The molecule has 1 aromatic heterocycles. The smallest absolute Gasteiger partial charge is 0.00871 e. The number of nitrogens with one attached hydrogen (secondary N) is 1. The molecule has 0 spiro atoms. The van der Waals surface area contributed by atoms with Crippen molar-refractivity contribution >= 4 is 11.3 Å². The largest absolute Gasteiger partial charge is 0.314 e. The van der Waals surface area contributed by atoms with Gasteiger partial charge in [0.15, 0.2) is 0 Å². The molecule has 1 N–H and O–H groups in total. The van der Waals surface area contributed by atoms with Crippen molar-refractivity contribution in [1.82, 2.24) is 5.32 Å². The van der Waals surface area contributed by atoms with Crippen LogP contribution in [-0.2, 0) is 6.42 Å². The Labute approximate surface area is 97.2 Å². The fourth-order valence-electron chi connectivity index (χ4n) is 1.50. The minimum atomic E-state index is 0.558. The highest BCUT2D eigenvalue weighted by Gasteiger charge is 2.04. The lowest BCUT2D eigenvalue weighted by atomic mass is 10.2. The van der Waals surface area contributed by atoms with Crippen LogP contribution in [0.3, 0.4) is 0 Å². The molecule has 1 nitrogen and oxygen atoms in total. The molecule has 1 unspecified atom stereocenters. The SMILES string of the molecule is C=C(C)CCNC(C)Cc1ccc(C)s1. The second kappa shape index (κ2) is 6.09. The predicted molar refractivity (Wildman–Crippen MR) is 69.7 cm³/mol. The summed E-state index contributed by atoms with van der Waals surface area (Å²) in [5.41, 5.74) is 1.25. The molecule has 0 saturated carbocycles. The second-order valence-corrected chi connectivity index (χ2v) is 5.65. The third kappa shape index (κ3) is 5.14. The van der Waals surface area contributed by atoms with Crippen LogP contribution in [0, 0.1) is 6.92 Å². The summed E-state index contributed by atoms with van der Waals surface area (Å²) in [6.07, 6.45) is 2.21. The summed E-state index contributed by atoms with van der Waals surface area (Å²) in [7, 11) is 0. The molecule has 84 valence electrons. The van der Waals surface area contributed by atoms with E-state index in [2.05, 4.69) is 44.8 Å². The summed E-state index contributed by atoms with van der Waals surface area (Å²) < 4.78 is 0. The van der Waals surface area contributed by atoms with Gasteiger partial charge in [0.2, 0.25) is 0 Å². The van der Waals surface area contributed by atoms with Gasteiger partial charge in [-0.2, -0.15) is 0 Å². The molecule has 0 aromatic carbocycles. The Morgan fingerprint density at radius 3 is 2.80 bits per heavy atom. The van der Waals surface area contributed by atoms with Crippen LogP contribution in [0.2, 0.25) is 0 Å². The van der Waals surface area contributed by atoms with Crippen LogP contribution in [0.4, 0.5) is 0 Å². The van der Waals surface area contributed by atoms with Gasteiger partial charge in [-0.1, -0.05) is 5.57 Å². The van der Waals surface area contributed by atoms with Crippen LogP contribution in [-0.4, -0.2) is 12.6 Å². The number of aryl methyl sites for hydroxylation is 1. The maximum absolute atomic E-state index is 3.90. The van der Waals surface area contributed by atoms with Gasteiger partial charge in [-0.25, -0.2) is 0 Å². The van der Waals surface area contributed by atoms with E-state index in [-0.39, 0.29) is 0 Å². The Bertz CT molecular complexity index is 314. The molecule has 1 heterocycles. The summed E-state index contributed by atoms with van der Waals surface area (Å²) in [4.78, 5) is 2.88. The molecule has 0 aliphatic heterocycles. The lowest BCUT2D eigenvalue weighted by Gasteiger charge is -2.12. The van der Waals surface area contributed by atoms with E-state index in [0.717, 1.165) is 19.4 Å². The zero-order chi connectivity index (χ0) is 11.3. The van der Waals surface area contributed by atoms with Crippen molar-refractivity contribution in [1.29, 1.82) is 0 Å². The molecular formula is C13H21NS. The molecule has 0 amide bonds. The molecule has 0 aliphatic carbocycles. The first-order valence-electron chi connectivity index (χ1n) is 5.51. The Kier molecular flexibility index (Phi) is 5.06. The molecule has 0 radical (unpaired) electrons. The van der Waals surface area contributed by atoms with Crippen molar-refractivity contribution in [3.63, 3.8) is 0 Å². The first-order chi connectivity index (χ1) is 7.08. The predicted octanol–water partition coefficient (Wildman–Crippen LogP) is 3.54. The number of hydrogen-bond donors (Lipinski definition) is 1. The standard InChI is InChI=1S/C13H21NS/c1-10(2)7-8-14-11(3)9-13-6-5-12(4)15-13/h5-6,11,14H,1,7-9H2,2-4H3. The van der Waals surface area contributed by atoms with Gasteiger partial charge in [0.1, 0.15) is 0 Å². The van der Waals surface area contributed by atoms with Crippen molar-refractivity contribution in [3.8, 4) is 0 Å². The fourth-order valence-corrected chi connectivity index (χ4v) is 2.52. The molecule has 2 heteroatoms. The van der Waals surface area contributed by atoms with Crippen LogP contribution >= 0.6 is 11.3 Å². The van der Waals surface area contributed by atoms with E-state index >= 15 is 0 Å². The first kappa shape index (κ1) is 12.5. The van der Waals surface area contributed by atoms with Gasteiger partial charge in [0.05, 0.1) is 0 Å². The van der Waals surface area contributed by atoms with E-state index in [0.29, 0.717) is 6.04 Å². The molecule has 0 fully saturated rings. The highest BCUT2D eigenvalue weighted by atomic mass is 32.1. The minimum absolute atomic E-state index is 0.558. The number of hydrogen-bond acceptors (Lipinski definition) is 2. The quantitative estimate of drug-likeness (QED) is 0.727.